The van der Waals surface area contributed by atoms with Crippen LogP contribution in [-0.4, -0.2) is 17.8 Å². The largest absolute Gasteiger partial charge is 0.392 e. The van der Waals surface area contributed by atoms with E-state index in [0.717, 1.165) is 37.3 Å². The minimum Gasteiger partial charge on any atom is -0.392 e. The second kappa shape index (κ2) is 8.97. The summed E-state index contributed by atoms with van der Waals surface area (Å²) in [6, 6.07) is 5.57. The van der Waals surface area contributed by atoms with E-state index < -0.39 is 17.7 Å². The fourth-order valence-corrected chi connectivity index (χ4v) is 4.92. The summed E-state index contributed by atoms with van der Waals surface area (Å²) in [6.07, 6.45) is 11.4. The van der Waals surface area contributed by atoms with E-state index >= 15 is 0 Å². The number of aryl methyl sites for hydroxylation is 1. The van der Waals surface area contributed by atoms with Crippen LogP contribution < -0.4 is 5.32 Å². The summed E-state index contributed by atoms with van der Waals surface area (Å²) in [6.45, 7) is 0.446. The number of nitrogens with one attached hydrogen (secondary N) is 1. The van der Waals surface area contributed by atoms with Gasteiger partial charge in [-0.05, 0) is 49.4 Å². The van der Waals surface area contributed by atoms with Crippen molar-refractivity contribution in [1.82, 2.24) is 5.32 Å². The lowest BCUT2D eigenvalue weighted by molar-refractivity contribution is 0.133. The maximum atomic E-state index is 13.3. The lowest BCUT2D eigenvalue weighted by Gasteiger charge is -2.38. The summed E-state index contributed by atoms with van der Waals surface area (Å²) in [4.78, 5) is 1.23. The first-order valence-electron chi connectivity index (χ1n) is 9.44. The third kappa shape index (κ3) is 5.16. The molecule has 2 aromatic rings. The summed E-state index contributed by atoms with van der Waals surface area (Å²) in [5.41, 5.74) is 1.33. The van der Waals surface area contributed by atoms with Crippen LogP contribution in [0.2, 0.25) is 0 Å². The predicted molar refractivity (Wildman–Crippen MR) is 106 cm³/mol. The van der Waals surface area contributed by atoms with Crippen LogP contribution in [0.4, 0.5) is 8.78 Å². The van der Waals surface area contributed by atoms with Gasteiger partial charge in [-0.15, -0.1) is 17.8 Å². The number of rotatable bonds is 7. The van der Waals surface area contributed by atoms with Crippen LogP contribution in [0.25, 0.3) is 0 Å². The van der Waals surface area contributed by atoms with Gasteiger partial charge in [0, 0.05) is 28.4 Å². The molecule has 1 aliphatic rings. The van der Waals surface area contributed by atoms with E-state index in [9.17, 15) is 13.9 Å². The Bertz CT molecular complexity index is 785. The normalized spacial score (nSPS) is 17.4. The third-order valence-corrected chi connectivity index (χ3v) is 6.44. The molecule has 1 aromatic heterocycles. The van der Waals surface area contributed by atoms with Gasteiger partial charge in [0.1, 0.15) is 11.6 Å². The van der Waals surface area contributed by atoms with Crippen molar-refractivity contribution in [1.29, 1.82) is 0 Å². The fourth-order valence-electron chi connectivity index (χ4n) is 3.83. The van der Waals surface area contributed by atoms with E-state index in [1.54, 1.807) is 11.3 Å². The monoisotopic (exact) mass is 389 g/mol. The highest BCUT2D eigenvalue weighted by molar-refractivity contribution is 7.10. The van der Waals surface area contributed by atoms with Crippen molar-refractivity contribution in [2.75, 3.05) is 6.54 Å². The number of hydrogen-bond acceptors (Lipinski definition) is 3. The minimum absolute atomic E-state index is 0.135. The van der Waals surface area contributed by atoms with Crippen LogP contribution in [0.15, 0.2) is 29.6 Å². The Kier molecular flexibility index (Phi) is 6.64. The first-order chi connectivity index (χ1) is 13.0. The molecule has 27 heavy (non-hydrogen) atoms. The molecule has 2 nitrogen and oxygen atoms in total. The van der Waals surface area contributed by atoms with Gasteiger partial charge in [-0.2, -0.15) is 0 Å². The molecule has 0 amide bonds. The SMILES string of the molecule is C#Cc1csc(C2(NC[C@@H](O)CCc3cc(F)cc(F)c3)CCCCC2)c1. The quantitative estimate of drug-likeness (QED) is 0.670. The molecular weight excluding hydrogens is 364 g/mol. The molecule has 0 aliphatic heterocycles. The smallest absolute Gasteiger partial charge is 0.126 e. The van der Waals surface area contributed by atoms with Crippen molar-refractivity contribution in [2.45, 2.75) is 56.6 Å². The Morgan fingerprint density at radius 3 is 2.48 bits per heavy atom. The number of halogens is 2. The van der Waals surface area contributed by atoms with Crippen LogP contribution >= 0.6 is 11.3 Å². The average molecular weight is 390 g/mol. The molecular formula is C22H25F2NOS. The predicted octanol–water partition coefficient (Wildman–Crippen LogP) is 4.75. The van der Waals surface area contributed by atoms with Gasteiger partial charge in [-0.25, -0.2) is 8.78 Å². The van der Waals surface area contributed by atoms with E-state index in [-0.39, 0.29) is 5.54 Å². The zero-order valence-electron chi connectivity index (χ0n) is 15.3. The van der Waals surface area contributed by atoms with E-state index in [1.807, 2.05) is 5.38 Å². The van der Waals surface area contributed by atoms with E-state index in [0.29, 0.717) is 24.9 Å². The Labute approximate surface area is 163 Å². The van der Waals surface area contributed by atoms with E-state index in [1.165, 1.54) is 23.4 Å². The molecule has 1 saturated carbocycles. The van der Waals surface area contributed by atoms with Crippen LogP contribution in [0.5, 0.6) is 0 Å². The maximum Gasteiger partial charge on any atom is 0.126 e. The summed E-state index contributed by atoms with van der Waals surface area (Å²) in [5.74, 6) is 1.52. The molecule has 1 atom stereocenters. The number of terminal acetylenes is 1. The maximum absolute atomic E-state index is 13.3. The van der Waals surface area contributed by atoms with Crippen molar-refractivity contribution in [3.05, 3.63) is 57.3 Å². The number of hydrogen-bond donors (Lipinski definition) is 2. The molecule has 0 spiro atoms. The molecule has 0 radical (unpaired) electrons. The standard InChI is InChI=1S/C22H25F2NOS/c1-2-16-12-21(27-15-16)22(8-4-3-5-9-22)25-14-20(26)7-6-17-10-18(23)13-19(24)11-17/h1,10-13,15,20,25-26H,3-9,14H2/t20-/m0/s1. The van der Waals surface area contributed by atoms with Crippen molar-refractivity contribution in [2.24, 2.45) is 0 Å². The molecule has 0 bridgehead atoms. The molecule has 5 heteroatoms. The van der Waals surface area contributed by atoms with E-state index in [4.69, 9.17) is 6.42 Å². The van der Waals surface area contributed by atoms with Crippen LogP contribution in [0.3, 0.4) is 0 Å². The Morgan fingerprint density at radius 1 is 1.15 bits per heavy atom. The van der Waals surface area contributed by atoms with Gasteiger partial charge in [0.2, 0.25) is 0 Å². The lowest BCUT2D eigenvalue weighted by atomic mass is 9.80. The Balaban J connectivity index is 1.60. The molecule has 1 aliphatic carbocycles. The van der Waals surface area contributed by atoms with Crippen LogP contribution in [0.1, 0.15) is 54.5 Å². The zero-order chi connectivity index (χ0) is 19.3. The van der Waals surface area contributed by atoms with Gasteiger partial charge in [-0.3, -0.25) is 0 Å². The first-order valence-corrected chi connectivity index (χ1v) is 10.3. The number of aliphatic hydroxyl groups is 1. The van der Waals surface area contributed by atoms with Crippen molar-refractivity contribution >= 4 is 11.3 Å². The zero-order valence-corrected chi connectivity index (χ0v) is 16.1. The van der Waals surface area contributed by atoms with Crippen molar-refractivity contribution < 1.29 is 13.9 Å². The van der Waals surface area contributed by atoms with Crippen LogP contribution in [0, 0.1) is 24.0 Å². The fraction of sp³-hybridized carbons (Fsp3) is 0.455. The average Bonchev–Trinajstić information content (AvgIpc) is 3.15. The molecule has 144 valence electrons. The molecule has 0 saturated heterocycles. The summed E-state index contributed by atoms with van der Waals surface area (Å²) >= 11 is 1.67. The van der Waals surface area contributed by atoms with E-state index in [2.05, 4.69) is 17.3 Å². The highest BCUT2D eigenvalue weighted by atomic mass is 32.1. The molecule has 2 N–H and O–H groups in total. The van der Waals surface area contributed by atoms with Gasteiger partial charge in [0.25, 0.3) is 0 Å². The summed E-state index contributed by atoms with van der Waals surface area (Å²) in [5, 5.41) is 16.0. The molecule has 0 unspecified atom stereocenters. The molecule has 1 heterocycles. The van der Waals surface area contributed by atoms with Crippen LogP contribution in [-0.2, 0) is 12.0 Å². The molecule has 1 aromatic carbocycles. The topological polar surface area (TPSA) is 32.3 Å². The summed E-state index contributed by atoms with van der Waals surface area (Å²) < 4.78 is 26.6. The van der Waals surface area contributed by atoms with Crippen molar-refractivity contribution in [3.63, 3.8) is 0 Å². The highest BCUT2D eigenvalue weighted by Crippen LogP contribution is 2.40. The van der Waals surface area contributed by atoms with Gasteiger partial charge in [-0.1, -0.05) is 25.2 Å². The first kappa shape index (κ1) is 20.0. The third-order valence-electron chi connectivity index (χ3n) is 5.31. The molecule has 1 fully saturated rings. The Hall–Kier alpha value is -1.74. The Morgan fingerprint density at radius 2 is 1.85 bits per heavy atom. The van der Waals surface area contributed by atoms with Crippen molar-refractivity contribution in [3.8, 4) is 12.3 Å². The highest BCUT2D eigenvalue weighted by Gasteiger charge is 2.35. The number of aliphatic hydroxyl groups excluding tert-OH is 1. The van der Waals surface area contributed by atoms with Gasteiger partial charge in [0.15, 0.2) is 0 Å². The number of benzene rings is 1. The summed E-state index contributed by atoms with van der Waals surface area (Å²) in [7, 11) is 0. The second-order valence-corrected chi connectivity index (χ2v) is 8.25. The van der Waals surface area contributed by atoms with Gasteiger partial charge in [0.05, 0.1) is 11.6 Å². The van der Waals surface area contributed by atoms with Gasteiger partial charge < -0.3 is 10.4 Å². The number of thiophene rings is 1. The second-order valence-electron chi connectivity index (χ2n) is 7.34. The minimum atomic E-state index is -0.583. The molecule has 3 rings (SSSR count). The van der Waals surface area contributed by atoms with Gasteiger partial charge >= 0.3 is 0 Å². The lowest BCUT2D eigenvalue weighted by Crippen LogP contribution is -2.46.